The van der Waals surface area contributed by atoms with E-state index in [0.29, 0.717) is 12.2 Å². The lowest BCUT2D eigenvalue weighted by molar-refractivity contribution is -0.170. The molecule has 0 fully saturated rings. The summed E-state index contributed by atoms with van der Waals surface area (Å²) in [5.41, 5.74) is 0.405. The van der Waals surface area contributed by atoms with E-state index >= 15 is 0 Å². The Bertz CT molecular complexity index is 248. The van der Waals surface area contributed by atoms with Crippen LogP contribution in [-0.4, -0.2) is 18.9 Å². The van der Waals surface area contributed by atoms with Crippen LogP contribution in [0.15, 0.2) is 12.2 Å². The highest BCUT2D eigenvalue weighted by Gasteiger charge is 2.09. The Morgan fingerprint density at radius 3 is 2.11 bits per heavy atom. The molecule has 0 N–H and O–H groups in total. The number of unbranched alkanes of at least 4 members (excludes halogenated alkanes) is 7. The molecule has 0 bridgehead atoms. The molecule has 19 heavy (non-hydrogen) atoms. The van der Waals surface area contributed by atoms with Crippen LogP contribution in [0.2, 0.25) is 0 Å². The van der Waals surface area contributed by atoms with Crippen molar-refractivity contribution in [1.82, 2.24) is 0 Å². The van der Waals surface area contributed by atoms with Gasteiger partial charge in [-0.15, -0.1) is 0 Å². The van der Waals surface area contributed by atoms with Gasteiger partial charge in [-0.2, -0.15) is 0 Å². The number of hydrogen-bond donors (Lipinski definition) is 0. The molecule has 0 aliphatic carbocycles. The monoisotopic (exact) mass is 270 g/mol. The smallest absolute Gasteiger partial charge is 0.335 e. The van der Waals surface area contributed by atoms with Crippen molar-refractivity contribution in [2.24, 2.45) is 0 Å². The molecular formula is C16H30O3. The lowest BCUT2D eigenvalue weighted by atomic mass is 10.1. The third-order valence-corrected chi connectivity index (χ3v) is 2.97. The Morgan fingerprint density at radius 1 is 1.05 bits per heavy atom. The second kappa shape index (κ2) is 12.2. The zero-order valence-electron chi connectivity index (χ0n) is 12.9. The SMILES string of the molecule is C=C(C)C(=O)OC(C)OCCCCCCCCCC. The van der Waals surface area contributed by atoms with Crippen LogP contribution in [0.3, 0.4) is 0 Å². The van der Waals surface area contributed by atoms with Gasteiger partial charge in [0.1, 0.15) is 0 Å². The fourth-order valence-electron chi connectivity index (χ4n) is 1.77. The molecule has 3 nitrogen and oxygen atoms in total. The fourth-order valence-corrected chi connectivity index (χ4v) is 1.77. The highest BCUT2D eigenvalue weighted by Crippen LogP contribution is 2.09. The first kappa shape index (κ1) is 18.2. The summed E-state index contributed by atoms with van der Waals surface area (Å²) >= 11 is 0. The average molecular weight is 270 g/mol. The number of ether oxygens (including phenoxy) is 2. The normalized spacial score (nSPS) is 12.2. The Morgan fingerprint density at radius 2 is 1.58 bits per heavy atom. The van der Waals surface area contributed by atoms with Gasteiger partial charge in [-0.3, -0.25) is 0 Å². The van der Waals surface area contributed by atoms with Crippen LogP contribution in [-0.2, 0) is 14.3 Å². The molecular weight excluding hydrogens is 240 g/mol. The van der Waals surface area contributed by atoms with Crippen molar-refractivity contribution in [1.29, 1.82) is 0 Å². The van der Waals surface area contributed by atoms with Crippen LogP contribution in [0.25, 0.3) is 0 Å². The Hall–Kier alpha value is -0.830. The van der Waals surface area contributed by atoms with Gasteiger partial charge in [-0.05, 0) is 20.3 Å². The van der Waals surface area contributed by atoms with Gasteiger partial charge in [-0.1, -0.05) is 58.4 Å². The third-order valence-electron chi connectivity index (χ3n) is 2.97. The van der Waals surface area contributed by atoms with Crippen LogP contribution >= 0.6 is 0 Å². The van der Waals surface area contributed by atoms with Crippen LogP contribution in [0.4, 0.5) is 0 Å². The van der Waals surface area contributed by atoms with Gasteiger partial charge in [-0.25, -0.2) is 4.79 Å². The molecule has 0 rings (SSSR count). The second-order valence-electron chi connectivity index (χ2n) is 5.10. The number of carbonyl (C=O) groups excluding carboxylic acids is 1. The summed E-state index contributed by atoms with van der Waals surface area (Å²) < 4.78 is 10.4. The van der Waals surface area contributed by atoms with Crippen molar-refractivity contribution in [2.45, 2.75) is 78.4 Å². The summed E-state index contributed by atoms with van der Waals surface area (Å²) in [6, 6.07) is 0. The standard InChI is InChI=1S/C16H30O3/c1-5-6-7-8-9-10-11-12-13-18-15(4)19-16(17)14(2)3/h15H,2,5-13H2,1,3-4H3. The maximum absolute atomic E-state index is 11.2. The highest BCUT2D eigenvalue weighted by atomic mass is 16.7. The number of rotatable bonds is 12. The summed E-state index contributed by atoms with van der Waals surface area (Å²) in [7, 11) is 0. The van der Waals surface area contributed by atoms with Crippen molar-refractivity contribution >= 4 is 5.97 Å². The molecule has 1 atom stereocenters. The van der Waals surface area contributed by atoms with E-state index in [9.17, 15) is 4.79 Å². The summed E-state index contributed by atoms with van der Waals surface area (Å²) in [4.78, 5) is 11.2. The Kier molecular flexibility index (Phi) is 11.7. The van der Waals surface area contributed by atoms with Crippen molar-refractivity contribution in [2.75, 3.05) is 6.61 Å². The van der Waals surface area contributed by atoms with E-state index in [4.69, 9.17) is 9.47 Å². The first-order valence-corrected chi connectivity index (χ1v) is 7.56. The fraction of sp³-hybridized carbons (Fsp3) is 0.812. The van der Waals surface area contributed by atoms with Gasteiger partial charge in [0.05, 0.1) is 6.61 Å². The maximum atomic E-state index is 11.2. The van der Waals surface area contributed by atoms with Crippen molar-refractivity contribution in [3.63, 3.8) is 0 Å². The van der Waals surface area contributed by atoms with E-state index in [1.165, 1.54) is 44.9 Å². The minimum Gasteiger partial charge on any atom is -0.433 e. The summed E-state index contributed by atoms with van der Waals surface area (Å²) in [6.07, 6.45) is 9.70. The van der Waals surface area contributed by atoms with Gasteiger partial charge in [0.2, 0.25) is 0 Å². The molecule has 0 aromatic heterocycles. The molecule has 3 heteroatoms. The maximum Gasteiger partial charge on any atom is 0.335 e. The molecule has 0 saturated carbocycles. The Labute approximate surface area is 118 Å². The average Bonchev–Trinajstić information content (AvgIpc) is 2.36. The summed E-state index contributed by atoms with van der Waals surface area (Å²) in [5, 5.41) is 0. The minimum atomic E-state index is -0.478. The second-order valence-corrected chi connectivity index (χ2v) is 5.10. The van der Waals surface area contributed by atoms with Crippen molar-refractivity contribution in [3.8, 4) is 0 Å². The number of carbonyl (C=O) groups is 1. The lowest BCUT2D eigenvalue weighted by Gasteiger charge is -2.13. The van der Waals surface area contributed by atoms with Crippen molar-refractivity contribution < 1.29 is 14.3 Å². The summed E-state index contributed by atoms with van der Waals surface area (Å²) in [5.74, 6) is -0.386. The zero-order chi connectivity index (χ0) is 14.5. The molecule has 0 amide bonds. The van der Waals surface area contributed by atoms with E-state index in [1.54, 1.807) is 13.8 Å². The van der Waals surface area contributed by atoms with Gasteiger partial charge < -0.3 is 9.47 Å². The van der Waals surface area contributed by atoms with E-state index in [0.717, 1.165) is 6.42 Å². The van der Waals surface area contributed by atoms with E-state index in [1.807, 2.05) is 0 Å². The van der Waals surface area contributed by atoms with Crippen LogP contribution in [0.1, 0.15) is 72.1 Å². The number of esters is 1. The molecule has 112 valence electrons. The quantitative estimate of drug-likeness (QED) is 0.225. The van der Waals surface area contributed by atoms with Gasteiger partial charge >= 0.3 is 5.97 Å². The van der Waals surface area contributed by atoms with Gasteiger partial charge in [0.15, 0.2) is 6.29 Å². The lowest BCUT2D eigenvalue weighted by Crippen LogP contribution is -2.18. The third kappa shape index (κ3) is 12.0. The molecule has 0 aromatic rings. The summed E-state index contributed by atoms with van der Waals surface area (Å²) in [6.45, 7) is 9.79. The van der Waals surface area contributed by atoms with Crippen LogP contribution < -0.4 is 0 Å². The highest BCUT2D eigenvalue weighted by molar-refractivity contribution is 5.86. The predicted molar refractivity (Wildman–Crippen MR) is 78.9 cm³/mol. The van der Waals surface area contributed by atoms with Gasteiger partial charge in [0.25, 0.3) is 0 Å². The molecule has 0 saturated heterocycles. The predicted octanol–water partition coefficient (Wildman–Crippen LogP) is 4.61. The van der Waals surface area contributed by atoms with Crippen LogP contribution in [0.5, 0.6) is 0 Å². The largest absolute Gasteiger partial charge is 0.433 e. The van der Waals surface area contributed by atoms with Gasteiger partial charge in [0, 0.05) is 5.57 Å². The zero-order valence-corrected chi connectivity index (χ0v) is 12.9. The van der Waals surface area contributed by atoms with E-state index < -0.39 is 6.29 Å². The molecule has 0 aliphatic rings. The molecule has 1 unspecified atom stereocenters. The van der Waals surface area contributed by atoms with E-state index in [2.05, 4.69) is 13.5 Å². The first-order chi connectivity index (χ1) is 9.07. The topological polar surface area (TPSA) is 35.5 Å². The molecule has 0 radical (unpaired) electrons. The first-order valence-electron chi connectivity index (χ1n) is 7.56. The van der Waals surface area contributed by atoms with E-state index in [-0.39, 0.29) is 5.97 Å². The molecule has 0 spiro atoms. The van der Waals surface area contributed by atoms with Crippen molar-refractivity contribution in [3.05, 3.63) is 12.2 Å². The Balaban J connectivity index is 3.29. The minimum absolute atomic E-state index is 0.386. The molecule has 0 aromatic carbocycles. The molecule has 0 heterocycles. The van der Waals surface area contributed by atoms with Crippen LogP contribution in [0, 0.1) is 0 Å². The molecule has 0 aliphatic heterocycles. The number of hydrogen-bond acceptors (Lipinski definition) is 3.